The lowest BCUT2D eigenvalue weighted by Crippen LogP contribution is -2.41. The van der Waals surface area contributed by atoms with Gasteiger partial charge in [-0.1, -0.05) is 63.2 Å². The van der Waals surface area contributed by atoms with Crippen molar-refractivity contribution in [2.75, 3.05) is 18.0 Å². The largest absolute Gasteiger partial charge is 0.369 e. The van der Waals surface area contributed by atoms with Gasteiger partial charge in [0.05, 0.1) is 0 Å². The van der Waals surface area contributed by atoms with Crippen LogP contribution >= 0.6 is 0 Å². The lowest BCUT2D eigenvalue weighted by molar-refractivity contribution is -0.117. The average Bonchev–Trinajstić information content (AvgIpc) is 3.09. The van der Waals surface area contributed by atoms with Crippen molar-refractivity contribution in [2.24, 2.45) is 0 Å². The predicted molar refractivity (Wildman–Crippen MR) is 105 cm³/mol. The number of hydrogen-bond acceptors (Lipinski definition) is 3. The molecule has 0 unspecified atom stereocenters. The summed E-state index contributed by atoms with van der Waals surface area (Å²) in [6.07, 6.45) is 0.844. The first-order chi connectivity index (χ1) is 12.3. The molecule has 0 aromatic heterocycles. The number of benzene rings is 2. The summed E-state index contributed by atoms with van der Waals surface area (Å²) in [4.78, 5) is 27.0. The van der Waals surface area contributed by atoms with Crippen LogP contribution in [0.15, 0.2) is 54.6 Å². The quantitative estimate of drug-likeness (QED) is 0.677. The maximum absolute atomic E-state index is 12.4. The van der Waals surface area contributed by atoms with Crippen LogP contribution in [0.25, 0.3) is 0 Å². The normalized spacial score (nSPS) is 17.2. The molecule has 1 N–H and O–H groups in total. The molecule has 0 spiro atoms. The van der Waals surface area contributed by atoms with Gasteiger partial charge in [-0.05, 0) is 29.5 Å². The number of nitrogens with one attached hydrogen (secondary N) is 1. The van der Waals surface area contributed by atoms with Crippen molar-refractivity contribution in [3.05, 3.63) is 65.7 Å². The van der Waals surface area contributed by atoms with Crippen molar-refractivity contribution in [3.63, 3.8) is 0 Å². The third-order valence-corrected chi connectivity index (χ3v) is 4.86. The molecule has 1 atom stereocenters. The molecule has 136 valence electrons. The second kappa shape index (κ2) is 7.32. The van der Waals surface area contributed by atoms with Gasteiger partial charge >= 0.3 is 0 Å². The number of hydrogen-bond donors (Lipinski definition) is 1. The van der Waals surface area contributed by atoms with E-state index in [-0.39, 0.29) is 11.5 Å². The van der Waals surface area contributed by atoms with Gasteiger partial charge in [0, 0.05) is 30.4 Å². The second-order valence-corrected chi connectivity index (χ2v) is 7.90. The number of carbonyl (C=O) groups excluding carboxylic acids is 2. The smallest absolute Gasteiger partial charge is 0.292 e. The van der Waals surface area contributed by atoms with Gasteiger partial charge in [0.15, 0.2) is 0 Å². The standard InChI is InChI=1S/C22H26N2O2/c1-22(2,3)17-11-9-16(10-12-17)20(25)21(26)23-18-13-14-24(15-18)19-7-5-4-6-8-19/h4-12,18H,13-15H2,1-3H3,(H,23,26)/t18-/m0/s1. The average molecular weight is 350 g/mol. The number of anilines is 1. The van der Waals surface area contributed by atoms with Crippen LogP contribution in [0.5, 0.6) is 0 Å². The molecule has 2 aromatic rings. The summed E-state index contributed by atoms with van der Waals surface area (Å²) in [6.45, 7) is 7.97. The zero-order valence-corrected chi connectivity index (χ0v) is 15.7. The number of ketones is 1. The molecule has 0 aliphatic carbocycles. The minimum absolute atomic E-state index is 0.000467. The summed E-state index contributed by atoms with van der Waals surface area (Å²) in [5, 5.41) is 2.89. The molecule has 1 fully saturated rings. The Morgan fingerprint density at radius 1 is 1.00 bits per heavy atom. The monoisotopic (exact) mass is 350 g/mol. The summed E-state index contributed by atoms with van der Waals surface area (Å²) < 4.78 is 0. The van der Waals surface area contributed by atoms with Gasteiger partial charge in [0.2, 0.25) is 5.78 Å². The molecule has 0 radical (unpaired) electrons. The molecular weight excluding hydrogens is 324 g/mol. The van der Waals surface area contributed by atoms with E-state index in [1.165, 1.54) is 0 Å². The molecule has 4 nitrogen and oxygen atoms in total. The van der Waals surface area contributed by atoms with Gasteiger partial charge < -0.3 is 10.2 Å². The summed E-state index contributed by atoms with van der Waals surface area (Å²) in [6, 6.07) is 17.5. The van der Waals surface area contributed by atoms with E-state index >= 15 is 0 Å². The van der Waals surface area contributed by atoms with E-state index in [1.807, 2.05) is 30.3 Å². The van der Waals surface area contributed by atoms with E-state index in [1.54, 1.807) is 12.1 Å². The van der Waals surface area contributed by atoms with Crippen LogP contribution in [0.3, 0.4) is 0 Å². The van der Waals surface area contributed by atoms with E-state index in [0.29, 0.717) is 5.56 Å². The van der Waals surface area contributed by atoms with E-state index < -0.39 is 11.7 Å². The Balaban J connectivity index is 1.59. The summed E-state index contributed by atoms with van der Waals surface area (Å²) in [7, 11) is 0. The van der Waals surface area contributed by atoms with Crippen LogP contribution in [-0.4, -0.2) is 30.8 Å². The zero-order valence-electron chi connectivity index (χ0n) is 15.7. The van der Waals surface area contributed by atoms with Crippen molar-refractivity contribution >= 4 is 17.4 Å². The third-order valence-electron chi connectivity index (χ3n) is 4.86. The van der Waals surface area contributed by atoms with Gasteiger partial charge in [-0.15, -0.1) is 0 Å². The first-order valence-electron chi connectivity index (χ1n) is 9.10. The fourth-order valence-electron chi connectivity index (χ4n) is 3.26. The van der Waals surface area contributed by atoms with Gasteiger partial charge in [-0.2, -0.15) is 0 Å². The minimum Gasteiger partial charge on any atom is -0.369 e. The fraction of sp³-hybridized carbons (Fsp3) is 0.364. The van der Waals surface area contributed by atoms with E-state index in [9.17, 15) is 9.59 Å². The molecular formula is C22H26N2O2. The maximum atomic E-state index is 12.4. The number of Topliss-reactive ketones (excluding diaryl/α,β-unsaturated/α-hetero) is 1. The summed E-state index contributed by atoms with van der Waals surface area (Å²) >= 11 is 0. The summed E-state index contributed by atoms with van der Waals surface area (Å²) in [5.41, 5.74) is 2.75. The first-order valence-corrected chi connectivity index (χ1v) is 9.10. The minimum atomic E-state index is -0.520. The number of carbonyl (C=O) groups is 2. The molecule has 1 amide bonds. The lowest BCUT2D eigenvalue weighted by Gasteiger charge is -2.19. The number of rotatable bonds is 4. The van der Waals surface area contributed by atoms with Crippen LogP contribution in [0.4, 0.5) is 5.69 Å². The molecule has 3 rings (SSSR count). The topological polar surface area (TPSA) is 49.4 Å². The molecule has 1 aliphatic rings. The number of amides is 1. The first kappa shape index (κ1) is 18.2. The molecule has 1 saturated heterocycles. The Labute approximate surface area is 155 Å². The molecule has 0 saturated carbocycles. The molecule has 0 bridgehead atoms. The van der Waals surface area contributed by atoms with Crippen molar-refractivity contribution in [3.8, 4) is 0 Å². The van der Waals surface area contributed by atoms with Crippen molar-refractivity contribution < 1.29 is 9.59 Å². The van der Waals surface area contributed by atoms with Crippen LogP contribution in [-0.2, 0) is 10.2 Å². The third kappa shape index (κ3) is 4.13. The predicted octanol–water partition coefficient (Wildman–Crippen LogP) is 3.56. The maximum Gasteiger partial charge on any atom is 0.292 e. The molecule has 4 heteroatoms. The van der Waals surface area contributed by atoms with Crippen molar-refractivity contribution in [1.29, 1.82) is 0 Å². The Morgan fingerprint density at radius 3 is 2.27 bits per heavy atom. The fourth-order valence-corrected chi connectivity index (χ4v) is 3.26. The van der Waals surface area contributed by atoms with Crippen LogP contribution < -0.4 is 10.2 Å². The van der Waals surface area contributed by atoms with Gasteiger partial charge in [0.1, 0.15) is 0 Å². The Kier molecular flexibility index (Phi) is 5.12. The van der Waals surface area contributed by atoms with Gasteiger partial charge in [0.25, 0.3) is 5.91 Å². The Bertz CT molecular complexity index is 776. The lowest BCUT2D eigenvalue weighted by atomic mass is 9.86. The molecule has 1 aliphatic heterocycles. The highest BCUT2D eigenvalue weighted by molar-refractivity contribution is 6.42. The molecule has 2 aromatic carbocycles. The van der Waals surface area contributed by atoms with E-state index in [2.05, 4.69) is 43.1 Å². The molecule has 26 heavy (non-hydrogen) atoms. The Morgan fingerprint density at radius 2 is 1.65 bits per heavy atom. The number of para-hydroxylation sites is 1. The number of nitrogens with zero attached hydrogens (tertiary/aromatic N) is 1. The second-order valence-electron chi connectivity index (χ2n) is 7.90. The van der Waals surface area contributed by atoms with Gasteiger partial charge in [-0.3, -0.25) is 9.59 Å². The highest BCUT2D eigenvalue weighted by Crippen LogP contribution is 2.22. The SMILES string of the molecule is CC(C)(C)c1ccc(C(=O)C(=O)N[C@H]2CCN(c3ccccc3)C2)cc1. The Hall–Kier alpha value is -2.62. The summed E-state index contributed by atoms with van der Waals surface area (Å²) in [5.74, 6) is -0.989. The van der Waals surface area contributed by atoms with Crippen molar-refractivity contribution in [2.45, 2.75) is 38.6 Å². The van der Waals surface area contributed by atoms with Gasteiger partial charge in [-0.25, -0.2) is 0 Å². The highest BCUT2D eigenvalue weighted by Gasteiger charge is 2.27. The van der Waals surface area contributed by atoms with Crippen molar-refractivity contribution in [1.82, 2.24) is 5.32 Å². The van der Waals surface area contributed by atoms with Crippen LogP contribution in [0, 0.1) is 0 Å². The van der Waals surface area contributed by atoms with E-state index in [4.69, 9.17) is 0 Å². The molecule has 1 heterocycles. The van der Waals surface area contributed by atoms with Crippen LogP contribution in [0.1, 0.15) is 43.1 Å². The highest BCUT2D eigenvalue weighted by atomic mass is 16.2. The zero-order chi connectivity index (χ0) is 18.7. The van der Waals surface area contributed by atoms with Crippen LogP contribution in [0.2, 0.25) is 0 Å². The van der Waals surface area contributed by atoms with E-state index in [0.717, 1.165) is 30.8 Å².